The van der Waals surface area contributed by atoms with E-state index in [1.54, 1.807) is 7.11 Å². The number of likely N-dealkylation sites (N-methyl/N-ethyl adjacent to an activating group) is 1. The SMILES string of the molecule is COc1ccc(C(C)C)cc1N(C)C(CO)CCO. The Balaban J connectivity index is 3.10. The second kappa shape index (κ2) is 7.36. The fraction of sp³-hybridized carbons (Fsp3) is 0.600. The lowest BCUT2D eigenvalue weighted by molar-refractivity contribution is 0.217. The first-order valence-electron chi connectivity index (χ1n) is 6.67. The summed E-state index contributed by atoms with van der Waals surface area (Å²) in [5.41, 5.74) is 2.17. The third-order valence-corrected chi connectivity index (χ3v) is 3.47. The highest BCUT2D eigenvalue weighted by molar-refractivity contribution is 5.60. The molecule has 1 aromatic carbocycles. The molecule has 0 aromatic heterocycles. The van der Waals surface area contributed by atoms with E-state index in [2.05, 4.69) is 26.0 Å². The number of aliphatic hydroxyl groups excluding tert-OH is 2. The molecule has 1 unspecified atom stereocenters. The minimum Gasteiger partial charge on any atom is -0.495 e. The average Bonchev–Trinajstić information content (AvgIpc) is 2.43. The lowest BCUT2D eigenvalue weighted by Crippen LogP contribution is -2.35. The summed E-state index contributed by atoms with van der Waals surface area (Å²) in [6.07, 6.45) is 0.530. The first kappa shape index (κ1) is 15.8. The topological polar surface area (TPSA) is 52.9 Å². The molecule has 0 heterocycles. The Bertz CT molecular complexity index is 393. The number of methoxy groups -OCH3 is 1. The molecule has 108 valence electrons. The van der Waals surface area contributed by atoms with Crippen LogP contribution in [0.2, 0.25) is 0 Å². The summed E-state index contributed by atoms with van der Waals surface area (Å²) in [5, 5.41) is 18.5. The Morgan fingerprint density at radius 2 is 1.95 bits per heavy atom. The highest BCUT2D eigenvalue weighted by atomic mass is 16.5. The Morgan fingerprint density at radius 1 is 1.26 bits per heavy atom. The molecule has 0 fully saturated rings. The molecule has 0 amide bonds. The van der Waals surface area contributed by atoms with Crippen molar-refractivity contribution >= 4 is 5.69 Å². The molecule has 1 rings (SSSR count). The Kier molecular flexibility index (Phi) is 6.12. The molecule has 0 radical (unpaired) electrons. The highest BCUT2D eigenvalue weighted by Crippen LogP contribution is 2.32. The number of nitrogens with zero attached hydrogens (tertiary/aromatic N) is 1. The number of hydrogen-bond acceptors (Lipinski definition) is 4. The monoisotopic (exact) mass is 267 g/mol. The van der Waals surface area contributed by atoms with Gasteiger partial charge in [0.25, 0.3) is 0 Å². The van der Waals surface area contributed by atoms with Gasteiger partial charge in [-0.2, -0.15) is 0 Å². The lowest BCUT2D eigenvalue weighted by Gasteiger charge is -2.30. The largest absolute Gasteiger partial charge is 0.495 e. The zero-order chi connectivity index (χ0) is 14.4. The number of rotatable bonds is 7. The molecule has 0 bridgehead atoms. The van der Waals surface area contributed by atoms with E-state index < -0.39 is 0 Å². The smallest absolute Gasteiger partial charge is 0.142 e. The normalized spacial score (nSPS) is 12.6. The van der Waals surface area contributed by atoms with Gasteiger partial charge in [-0.1, -0.05) is 19.9 Å². The van der Waals surface area contributed by atoms with Gasteiger partial charge in [-0.25, -0.2) is 0 Å². The summed E-state index contributed by atoms with van der Waals surface area (Å²) < 4.78 is 5.39. The van der Waals surface area contributed by atoms with Gasteiger partial charge in [0.15, 0.2) is 0 Å². The molecule has 4 heteroatoms. The lowest BCUT2D eigenvalue weighted by atomic mass is 10.0. The maximum atomic E-state index is 9.44. The summed E-state index contributed by atoms with van der Waals surface area (Å²) in [7, 11) is 3.56. The van der Waals surface area contributed by atoms with Gasteiger partial charge >= 0.3 is 0 Å². The number of benzene rings is 1. The van der Waals surface area contributed by atoms with Gasteiger partial charge in [-0.05, 0) is 30.0 Å². The standard InChI is InChI=1S/C15H25NO3/c1-11(2)12-5-6-15(19-4)14(9-12)16(3)13(10-18)7-8-17/h5-6,9,11,13,17-18H,7-8,10H2,1-4H3. The van der Waals surface area contributed by atoms with Crippen LogP contribution in [-0.4, -0.2) is 43.6 Å². The predicted molar refractivity (Wildman–Crippen MR) is 78.1 cm³/mol. The van der Waals surface area contributed by atoms with Gasteiger partial charge in [0.05, 0.1) is 25.4 Å². The number of aliphatic hydroxyl groups is 2. The Labute approximate surface area is 115 Å². The maximum Gasteiger partial charge on any atom is 0.142 e. The molecule has 2 N–H and O–H groups in total. The number of hydrogen-bond donors (Lipinski definition) is 2. The van der Waals surface area contributed by atoms with E-state index in [-0.39, 0.29) is 19.3 Å². The van der Waals surface area contributed by atoms with Crippen molar-refractivity contribution in [1.29, 1.82) is 0 Å². The Hall–Kier alpha value is -1.26. The maximum absolute atomic E-state index is 9.44. The fourth-order valence-electron chi connectivity index (χ4n) is 2.09. The summed E-state index contributed by atoms with van der Waals surface area (Å²) in [4.78, 5) is 1.97. The number of anilines is 1. The molecule has 0 saturated carbocycles. The third kappa shape index (κ3) is 3.85. The zero-order valence-corrected chi connectivity index (χ0v) is 12.3. The van der Waals surface area contributed by atoms with Crippen LogP contribution in [-0.2, 0) is 0 Å². The van der Waals surface area contributed by atoms with E-state index in [1.165, 1.54) is 5.56 Å². The molecule has 0 aliphatic heterocycles. The van der Waals surface area contributed by atoms with Crippen molar-refractivity contribution < 1.29 is 14.9 Å². The van der Waals surface area contributed by atoms with Crippen LogP contribution < -0.4 is 9.64 Å². The molecule has 0 spiro atoms. The summed E-state index contributed by atoms with van der Waals surface area (Å²) in [6.45, 7) is 4.35. The highest BCUT2D eigenvalue weighted by Gasteiger charge is 2.18. The number of ether oxygens (including phenoxy) is 1. The van der Waals surface area contributed by atoms with E-state index in [0.717, 1.165) is 11.4 Å². The van der Waals surface area contributed by atoms with Crippen molar-refractivity contribution in [2.75, 3.05) is 32.3 Å². The first-order chi connectivity index (χ1) is 9.04. The van der Waals surface area contributed by atoms with Crippen molar-refractivity contribution in [3.05, 3.63) is 23.8 Å². The van der Waals surface area contributed by atoms with Gasteiger partial charge in [-0.15, -0.1) is 0 Å². The van der Waals surface area contributed by atoms with Crippen LogP contribution in [0.15, 0.2) is 18.2 Å². The van der Waals surface area contributed by atoms with Crippen LogP contribution in [0.4, 0.5) is 5.69 Å². The van der Waals surface area contributed by atoms with Crippen molar-refractivity contribution in [2.24, 2.45) is 0 Å². The average molecular weight is 267 g/mol. The van der Waals surface area contributed by atoms with Crippen LogP contribution in [0.5, 0.6) is 5.75 Å². The van der Waals surface area contributed by atoms with Crippen LogP contribution in [0.3, 0.4) is 0 Å². The molecule has 19 heavy (non-hydrogen) atoms. The molecule has 0 aliphatic rings. The molecular formula is C15H25NO3. The second-order valence-electron chi connectivity index (χ2n) is 5.05. The van der Waals surface area contributed by atoms with E-state index in [4.69, 9.17) is 9.84 Å². The molecule has 0 saturated heterocycles. The van der Waals surface area contributed by atoms with Crippen molar-refractivity contribution in [3.63, 3.8) is 0 Å². The minimum atomic E-state index is -0.110. The third-order valence-electron chi connectivity index (χ3n) is 3.47. The first-order valence-corrected chi connectivity index (χ1v) is 6.67. The zero-order valence-electron chi connectivity index (χ0n) is 12.3. The quantitative estimate of drug-likeness (QED) is 0.793. The molecular weight excluding hydrogens is 242 g/mol. The van der Waals surface area contributed by atoms with Crippen molar-refractivity contribution in [2.45, 2.75) is 32.2 Å². The summed E-state index contributed by atoms with van der Waals surface area (Å²) in [6, 6.07) is 5.99. The fourth-order valence-corrected chi connectivity index (χ4v) is 2.09. The molecule has 0 aliphatic carbocycles. The van der Waals surface area contributed by atoms with Gasteiger partial charge in [0.1, 0.15) is 5.75 Å². The van der Waals surface area contributed by atoms with E-state index in [0.29, 0.717) is 12.3 Å². The van der Waals surface area contributed by atoms with Crippen LogP contribution in [0.1, 0.15) is 31.7 Å². The van der Waals surface area contributed by atoms with E-state index in [9.17, 15) is 5.11 Å². The predicted octanol–water partition coefficient (Wildman–Crippen LogP) is 2.00. The molecule has 1 atom stereocenters. The molecule has 4 nitrogen and oxygen atoms in total. The summed E-state index contributed by atoms with van der Waals surface area (Å²) >= 11 is 0. The van der Waals surface area contributed by atoms with Crippen molar-refractivity contribution in [3.8, 4) is 5.75 Å². The minimum absolute atomic E-state index is 0.00607. The van der Waals surface area contributed by atoms with Crippen LogP contribution >= 0.6 is 0 Å². The van der Waals surface area contributed by atoms with Crippen LogP contribution in [0.25, 0.3) is 0 Å². The summed E-state index contributed by atoms with van der Waals surface area (Å²) in [5.74, 6) is 1.21. The van der Waals surface area contributed by atoms with E-state index in [1.807, 2.05) is 18.0 Å². The van der Waals surface area contributed by atoms with Gasteiger partial charge in [-0.3, -0.25) is 0 Å². The van der Waals surface area contributed by atoms with Gasteiger partial charge in [0.2, 0.25) is 0 Å². The van der Waals surface area contributed by atoms with Crippen LogP contribution in [0, 0.1) is 0 Å². The van der Waals surface area contributed by atoms with Gasteiger partial charge < -0.3 is 19.8 Å². The van der Waals surface area contributed by atoms with Gasteiger partial charge in [0, 0.05) is 13.7 Å². The van der Waals surface area contributed by atoms with Crippen molar-refractivity contribution in [1.82, 2.24) is 0 Å². The second-order valence-corrected chi connectivity index (χ2v) is 5.05. The Morgan fingerprint density at radius 3 is 2.42 bits per heavy atom. The molecule has 1 aromatic rings. The van der Waals surface area contributed by atoms with E-state index >= 15 is 0 Å².